The Balaban J connectivity index is 3.53. The van der Waals surface area contributed by atoms with Gasteiger partial charge in [-0.05, 0) is 14.0 Å². The van der Waals surface area contributed by atoms with Gasteiger partial charge in [0.15, 0.2) is 0 Å². The molecule has 0 rings (SSSR count). The highest BCUT2D eigenvalue weighted by molar-refractivity contribution is 5.78. The van der Waals surface area contributed by atoms with Crippen LogP contribution in [0.4, 0.5) is 0 Å². The van der Waals surface area contributed by atoms with Gasteiger partial charge in [-0.25, -0.2) is 0 Å². The Labute approximate surface area is 95.9 Å². The number of ether oxygens (including phenoxy) is 3. The largest absolute Gasteiger partial charge is 0.480 e. The minimum atomic E-state index is -1.05. The lowest BCUT2D eigenvalue weighted by Gasteiger charge is -2.23. The normalized spacial score (nSPS) is 14.7. The van der Waals surface area contributed by atoms with E-state index >= 15 is 0 Å². The molecule has 0 saturated heterocycles. The topological polar surface area (TPSA) is 77.0 Å². The van der Waals surface area contributed by atoms with Crippen molar-refractivity contribution < 1.29 is 24.1 Å². The molecule has 0 radical (unpaired) electrons. The van der Waals surface area contributed by atoms with Gasteiger partial charge in [0, 0.05) is 7.11 Å². The maximum atomic E-state index is 10.9. The highest BCUT2D eigenvalue weighted by atomic mass is 16.5. The van der Waals surface area contributed by atoms with Crippen molar-refractivity contribution in [3.63, 3.8) is 0 Å². The van der Waals surface area contributed by atoms with Gasteiger partial charge in [0.25, 0.3) is 0 Å². The van der Waals surface area contributed by atoms with E-state index in [1.54, 1.807) is 21.1 Å². The molecule has 6 heteroatoms. The van der Waals surface area contributed by atoms with Crippen LogP contribution in [0.2, 0.25) is 0 Å². The first kappa shape index (κ1) is 15.3. The molecular formula is C10H21NO5. The Bertz CT molecular complexity index is 200. The van der Waals surface area contributed by atoms with E-state index < -0.39 is 11.5 Å². The second-order valence-corrected chi connectivity index (χ2v) is 3.55. The molecule has 0 aromatic carbocycles. The fraction of sp³-hybridized carbons (Fsp3) is 0.900. The van der Waals surface area contributed by atoms with E-state index in [4.69, 9.17) is 19.3 Å². The zero-order chi connectivity index (χ0) is 12.4. The fourth-order valence-electron chi connectivity index (χ4n) is 0.879. The van der Waals surface area contributed by atoms with Crippen molar-refractivity contribution in [2.45, 2.75) is 12.5 Å². The molecule has 0 heterocycles. The van der Waals surface area contributed by atoms with Crippen LogP contribution in [0.15, 0.2) is 0 Å². The van der Waals surface area contributed by atoms with Crippen LogP contribution in [0, 0.1) is 0 Å². The predicted molar refractivity (Wildman–Crippen MR) is 58.6 cm³/mol. The molecule has 0 bridgehead atoms. The number of methoxy groups -OCH3 is 1. The zero-order valence-corrected chi connectivity index (χ0v) is 10.1. The number of carboxylic acid groups (broad SMARTS) is 1. The molecule has 0 aromatic rings. The smallest absolute Gasteiger partial charge is 0.326 e. The molecule has 16 heavy (non-hydrogen) atoms. The van der Waals surface area contributed by atoms with Crippen LogP contribution in [-0.4, -0.2) is 63.8 Å². The van der Waals surface area contributed by atoms with Crippen LogP contribution >= 0.6 is 0 Å². The van der Waals surface area contributed by atoms with E-state index in [0.29, 0.717) is 26.4 Å². The van der Waals surface area contributed by atoms with Crippen LogP contribution in [0.25, 0.3) is 0 Å². The summed E-state index contributed by atoms with van der Waals surface area (Å²) in [6.45, 7) is 3.54. The van der Waals surface area contributed by atoms with Crippen LogP contribution in [-0.2, 0) is 19.0 Å². The summed E-state index contributed by atoms with van der Waals surface area (Å²) in [6, 6.07) is 0. The van der Waals surface area contributed by atoms with Crippen molar-refractivity contribution >= 4 is 5.97 Å². The molecule has 0 fully saturated rings. The van der Waals surface area contributed by atoms with Crippen LogP contribution in [0.3, 0.4) is 0 Å². The molecule has 1 atom stereocenters. The van der Waals surface area contributed by atoms with E-state index in [1.165, 1.54) is 0 Å². The number of hydrogen-bond donors (Lipinski definition) is 2. The van der Waals surface area contributed by atoms with Crippen molar-refractivity contribution in [2.24, 2.45) is 0 Å². The number of nitrogens with one attached hydrogen (secondary N) is 1. The van der Waals surface area contributed by atoms with Crippen LogP contribution in [0.5, 0.6) is 0 Å². The lowest BCUT2D eigenvalue weighted by atomic mass is 10.1. The second kappa shape index (κ2) is 8.46. The Morgan fingerprint density at radius 1 is 1.25 bits per heavy atom. The third-order valence-corrected chi connectivity index (χ3v) is 2.22. The highest BCUT2D eigenvalue weighted by Gasteiger charge is 2.31. The third kappa shape index (κ3) is 6.02. The van der Waals surface area contributed by atoms with Gasteiger partial charge >= 0.3 is 5.97 Å². The fourth-order valence-corrected chi connectivity index (χ4v) is 0.879. The summed E-state index contributed by atoms with van der Waals surface area (Å²) in [4.78, 5) is 10.9. The lowest BCUT2D eigenvalue weighted by Crippen LogP contribution is -2.51. The molecule has 0 aliphatic heterocycles. The number of carbonyl (C=O) groups is 1. The lowest BCUT2D eigenvalue weighted by molar-refractivity contribution is -0.146. The van der Waals surface area contributed by atoms with Crippen molar-refractivity contribution in [1.82, 2.24) is 5.32 Å². The van der Waals surface area contributed by atoms with Crippen molar-refractivity contribution in [2.75, 3.05) is 47.2 Å². The number of rotatable bonds is 10. The average Bonchev–Trinajstić information content (AvgIpc) is 2.27. The third-order valence-electron chi connectivity index (χ3n) is 2.22. The molecule has 0 amide bonds. The molecule has 0 aromatic heterocycles. The molecule has 2 N–H and O–H groups in total. The highest BCUT2D eigenvalue weighted by Crippen LogP contribution is 2.03. The van der Waals surface area contributed by atoms with Crippen molar-refractivity contribution in [1.29, 1.82) is 0 Å². The average molecular weight is 235 g/mol. The maximum Gasteiger partial charge on any atom is 0.326 e. The summed E-state index contributed by atoms with van der Waals surface area (Å²) in [5.74, 6) is -0.935. The van der Waals surface area contributed by atoms with Crippen molar-refractivity contribution in [3.8, 4) is 0 Å². The van der Waals surface area contributed by atoms with Gasteiger partial charge in [-0.15, -0.1) is 0 Å². The minimum absolute atomic E-state index is 0.104. The van der Waals surface area contributed by atoms with E-state index in [1.807, 2.05) is 0 Å². The quantitative estimate of drug-likeness (QED) is 0.508. The van der Waals surface area contributed by atoms with Gasteiger partial charge in [-0.3, -0.25) is 4.79 Å². The van der Waals surface area contributed by atoms with Crippen molar-refractivity contribution in [3.05, 3.63) is 0 Å². The predicted octanol–water partition coefficient (Wildman–Crippen LogP) is -0.271. The first-order chi connectivity index (χ1) is 7.56. The van der Waals surface area contributed by atoms with Gasteiger partial charge in [-0.1, -0.05) is 0 Å². The summed E-state index contributed by atoms with van der Waals surface area (Å²) in [5, 5.41) is 11.6. The number of aliphatic carboxylic acids is 1. The summed E-state index contributed by atoms with van der Waals surface area (Å²) in [6.07, 6.45) is 0. The zero-order valence-electron chi connectivity index (χ0n) is 10.1. The summed E-state index contributed by atoms with van der Waals surface area (Å²) < 4.78 is 15.2. The molecule has 6 nitrogen and oxygen atoms in total. The maximum absolute atomic E-state index is 10.9. The standard InChI is InChI=1S/C10H21NO5/c1-10(11-2,9(12)13)8-16-7-6-15-5-4-14-3/h11H,4-8H2,1-3H3,(H,12,13). The van der Waals surface area contributed by atoms with Gasteiger partial charge < -0.3 is 24.6 Å². The van der Waals surface area contributed by atoms with Crippen LogP contribution < -0.4 is 5.32 Å². The Kier molecular flexibility index (Phi) is 8.10. The Morgan fingerprint density at radius 2 is 1.81 bits per heavy atom. The second-order valence-electron chi connectivity index (χ2n) is 3.55. The number of likely N-dealkylation sites (N-methyl/N-ethyl adjacent to an activating group) is 1. The van der Waals surface area contributed by atoms with Gasteiger partial charge in [-0.2, -0.15) is 0 Å². The van der Waals surface area contributed by atoms with E-state index in [0.717, 1.165) is 0 Å². The van der Waals surface area contributed by atoms with Gasteiger partial charge in [0.05, 0.1) is 33.0 Å². The first-order valence-corrected chi connectivity index (χ1v) is 5.13. The number of carboxylic acids is 1. The minimum Gasteiger partial charge on any atom is -0.480 e. The number of hydrogen-bond acceptors (Lipinski definition) is 5. The summed E-state index contributed by atoms with van der Waals surface area (Å²) in [5.41, 5.74) is -1.05. The molecule has 1 unspecified atom stereocenters. The van der Waals surface area contributed by atoms with E-state index in [9.17, 15) is 4.79 Å². The monoisotopic (exact) mass is 235 g/mol. The Morgan fingerprint density at radius 3 is 2.31 bits per heavy atom. The summed E-state index contributed by atoms with van der Waals surface area (Å²) in [7, 11) is 3.19. The SMILES string of the molecule is CNC(C)(COCCOCCOC)C(=O)O. The molecule has 0 aliphatic rings. The molecular weight excluding hydrogens is 214 g/mol. The molecule has 0 saturated carbocycles. The van der Waals surface area contributed by atoms with Gasteiger partial charge in [0.2, 0.25) is 0 Å². The summed E-state index contributed by atoms with van der Waals surface area (Å²) >= 11 is 0. The van der Waals surface area contributed by atoms with Crippen LogP contribution in [0.1, 0.15) is 6.92 Å². The van der Waals surface area contributed by atoms with Gasteiger partial charge in [0.1, 0.15) is 5.54 Å². The molecule has 0 aliphatic carbocycles. The Hall–Kier alpha value is -0.690. The molecule has 0 spiro atoms. The molecule has 96 valence electrons. The first-order valence-electron chi connectivity index (χ1n) is 5.13. The van der Waals surface area contributed by atoms with E-state index in [-0.39, 0.29) is 6.61 Å². The van der Waals surface area contributed by atoms with E-state index in [2.05, 4.69) is 5.32 Å².